The second-order valence-corrected chi connectivity index (χ2v) is 5.88. The number of ether oxygens (including phenoxy) is 2. The highest BCUT2D eigenvalue weighted by Crippen LogP contribution is 2.23. The van der Waals surface area contributed by atoms with Gasteiger partial charge in [0.1, 0.15) is 17.0 Å². The van der Waals surface area contributed by atoms with Crippen LogP contribution in [0.5, 0.6) is 5.88 Å². The SMILES string of the molecule is CCCOCCOc1cc(Br)nc(C(C)(C)C)n1. The van der Waals surface area contributed by atoms with Crippen LogP contribution in [-0.4, -0.2) is 29.8 Å². The van der Waals surface area contributed by atoms with Gasteiger partial charge < -0.3 is 9.47 Å². The molecule has 0 aliphatic heterocycles. The molecule has 0 aliphatic rings. The molecule has 4 nitrogen and oxygen atoms in total. The summed E-state index contributed by atoms with van der Waals surface area (Å²) in [5.74, 6) is 1.35. The van der Waals surface area contributed by atoms with Crippen LogP contribution in [0.3, 0.4) is 0 Å². The van der Waals surface area contributed by atoms with Crippen molar-refractivity contribution in [1.29, 1.82) is 0 Å². The molecule has 1 rings (SSSR count). The van der Waals surface area contributed by atoms with Gasteiger partial charge in [-0.2, -0.15) is 4.98 Å². The number of halogens is 1. The van der Waals surface area contributed by atoms with E-state index in [0.717, 1.165) is 23.5 Å². The largest absolute Gasteiger partial charge is 0.475 e. The van der Waals surface area contributed by atoms with Crippen molar-refractivity contribution >= 4 is 15.9 Å². The van der Waals surface area contributed by atoms with E-state index in [2.05, 4.69) is 53.6 Å². The summed E-state index contributed by atoms with van der Waals surface area (Å²) in [6, 6.07) is 1.77. The molecule has 0 bridgehead atoms. The van der Waals surface area contributed by atoms with Crippen molar-refractivity contribution in [2.75, 3.05) is 19.8 Å². The molecular formula is C13H21BrN2O2. The Kier molecular flexibility index (Phi) is 6.02. The van der Waals surface area contributed by atoms with Gasteiger partial charge in [-0.05, 0) is 22.4 Å². The standard InChI is InChI=1S/C13H21BrN2O2/c1-5-6-17-7-8-18-11-9-10(14)15-12(16-11)13(2,3)4/h9H,5-8H2,1-4H3. The summed E-state index contributed by atoms with van der Waals surface area (Å²) in [6.45, 7) is 10.2. The maximum absolute atomic E-state index is 5.56. The fraction of sp³-hybridized carbons (Fsp3) is 0.692. The molecule has 0 saturated carbocycles. The van der Waals surface area contributed by atoms with Crippen LogP contribution >= 0.6 is 15.9 Å². The molecule has 0 unspecified atom stereocenters. The molecule has 1 aromatic heterocycles. The molecule has 0 aliphatic carbocycles. The topological polar surface area (TPSA) is 44.2 Å². The van der Waals surface area contributed by atoms with Crippen molar-refractivity contribution in [3.8, 4) is 5.88 Å². The number of nitrogens with zero attached hydrogens (tertiary/aromatic N) is 2. The predicted molar refractivity (Wildman–Crippen MR) is 75.0 cm³/mol. The Labute approximate surface area is 117 Å². The zero-order valence-corrected chi connectivity index (χ0v) is 13.1. The molecule has 0 spiro atoms. The molecule has 1 aromatic rings. The molecule has 5 heteroatoms. The van der Waals surface area contributed by atoms with Gasteiger partial charge in [0, 0.05) is 18.1 Å². The van der Waals surface area contributed by atoms with Gasteiger partial charge in [-0.25, -0.2) is 4.98 Å². The first-order valence-corrected chi connectivity index (χ1v) is 6.98. The zero-order valence-electron chi connectivity index (χ0n) is 11.5. The predicted octanol–water partition coefficient (Wildman–Crippen LogP) is 3.34. The lowest BCUT2D eigenvalue weighted by molar-refractivity contribution is 0.0987. The zero-order chi connectivity index (χ0) is 13.6. The third-order valence-corrected chi connectivity index (χ3v) is 2.57. The normalized spacial score (nSPS) is 11.6. The van der Waals surface area contributed by atoms with E-state index in [1.807, 2.05) is 0 Å². The fourth-order valence-electron chi connectivity index (χ4n) is 1.26. The van der Waals surface area contributed by atoms with Gasteiger partial charge in [0.05, 0.1) is 6.61 Å². The second kappa shape index (κ2) is 7.04. The van der Waals surface area contributed by atoms with Crippen molar-refractivity contribution in [2.24, 2.45) is 0 Å². The summed E-state index contributed by atoms with van der Waals surface area (Å²) >= 11 is 3.38. The first kappa shape index (κ1) is 15.4. The smallest absolute Gasteiger partial charge is 0.217 e. The van der Waals surface area contributed by atoms with Crippen LogP contribution < -0.4 is 4.74 Å². The van der Waals surface area contributed by atoms with Crippen molar-refractivity contribution < 1.29 is 9.47 Å². The van der Waals surface area contributed by atoms with Crippen LogP contribution in [-0.2, 0) is 10.2 Å². The molecule has 1 heterocycles. The van der Waals surface area contributed by atoms with E-state index in [1.54, 1.807) is 6.07 Å². The quantitative estimate of drug-likeness (QED) is 0.596. The van der Waals surface area contributed by atoms with Crippen LogP contribution in [0, 0.1) is 0 Å². The highest BCUT2D eigenvalue weighted by molar-refractivity contribution is 9.10. The second-order valence-electron chi connectivity index (χ2n) is 5.06. The molecule has 0 saturated heterocycles. The molecule has 18 heavy (non-hydrogen) atoms. The highest BCUT2D eigenvalue weighted by atomic mass is 79.9. The molecule has 0 aromatic carbocycles. The molecule has 0 atom stereocenters. The molecule has 0 radical (unpaired) electrons. The lowest BCUT2D eigenvalue weighted by atomic mass is 9.96. The lowest BCUT2D eigenvalue weighted by Gasteiger charge is -2.17. The minimum absolute atomic E-state index is 0.0966. The first-order valence-electron chi connectivity index (χ1n) is 6.19. The minimum atomic E-state index is -0.0966. The highest BCUT2D eigenvalue weighted by Gasteiger charge is 2.19. The average Bonchev–Trinajstić information content (AvgIpc) is 2.27. The maximum Gasteiger partial charge on any atom is 0.217 e. The van der Waals surface area contributed by atoms with E-state index < -0.39 is 0 Å². The molecule has 0 amide bonds. The van der Waals surface area contributed by atoms with Crippen molar-refractivity contribution in [3.63, 3.8) is 0 Å². The summed E-state index contributed by atoms with van der Waals surface area (Å²) in [6.07, 6.45) is 1.02. The summed E-state index contributed by atoms with van der Waals surface area (Å²) in [4.78, 5) is 8.76. The Morgan fingerprint density at radius 2 is 1.89 bits per heavy atom. The van der Waals surface area contributed by atoms with Crippen LogP contribution in [0.4, 0.5) is 0 Å². The number of aromatic nitrogens is 2. The van der Waals surface area contributed by atoms with E-state index in [9.17, 15) is 0 Å². The van der Waals surface area contributed by atoms with Crippen LogP contribution in [0.25, 0.3) is 0 Å². The van der Waals surface area contributed by atoms with E-state index in [0.29, 0.717) is 19.1 Å². The Morgan fingerprint density at radius 3 is 2.50 bits per heavy atom. The molecular weight excluding hydrogens is 296 g/mol. The first-order chi connectivity index (χ1) is 8.43. The van der Waals surface area contributed by atoms with Gasteiger partial charge in [0.25, 0.3) is 0 Å². The van der Waals surface area contributed by atoms with E-state index >= 15 is 0 Å². The summed E-state index contributed by atoms with van der Waals surface area (Å²) in [7, 11) is 0. The summed E-state index contributed by atoms with van der Waals surface area (Å²) in [5.41, 5.74) is -0.0966. The van der Waals surface area contributed by atoms with Crippen molar-refractivity contribution in [2.45, 2.75) is 39.5 Å². The van der Waals surface area contributed by atoms with Gasteiger partial charge in [0.2, 0.25) is 5.88 Å². The average molecular weight is 317 g/mol. The van der Waals surface area contributed by atoms with E-state index in [1.165, 1.54) is 0 Å². The number of rotatable bonds is 6. The van der Waals surface area contributed by atoms with E-state index in [-0.39, 0.29) is 5.41 Å². The summed E-state index contributed by atoms with van der Waals surface area (Å²) < 4.78 is 11.7. The molecule has 0 fully saturated rings. The monoisotopic (exact) mass is 316 g/mol. The fourth-order valence-corrected chi connectivity index (χ4v) is 1.62. The van der Waals surface area contributed by atoms with Gasteiger partial charge in [0.15, 0.2) is 0 Å². The van der Waals surface area contributed by atoms with Crippen LogP contribution in [0.1, 0.15) is 39.9 Å². The van der Waals surface area contributed by atoms with Crippen LogP contribution in [0.15, 0.2) is 10.7 Å². The van der Waals surface area contributed by atoms with Crippen molar-refractivity contribution in [1.82, 2.24) is 9.97 Å². The molecule has 102 valence electrons. The Hall–Kier alpha value is -0.680. The van der Waals surface area contributed by atoms with E-state index in [4.69, 9.17) is 9.47 Å². The van der Waals surface area contributed by atoms with Gasteiger partial charge in [-0.15, -0.1) is 0 Å². The van der Waals surface area contributed by atoms with Crippen molar-refractivity contribution in [3.05, 3.63) is 16.5 Å². The summed E-state index contributed by atoms with van der Waals surface area (Å²) in [5, 5.41) is 0. The van der Waals surface area contributed by atoms with Gasteiger partial charge in [-0.1, -0.05) is 27.7 Å². The minimum Gasteiger partial charge on any atom is -0.475 e. The third kappa shape index (κ3) is 5.31. The maximum atomic E-state index is 5.56. The van der Waals surface area contributed by atoms with Gasteiger partial charge in [-0.3, -0.25) is 0 Å². The number of hydrogen-bond acceptors (Lipinski definition) is 4. The third-order valence-electron chi connectivity index (χ3n) is 2.17. The Balaban J connectivity index is 2.58. The Morgan fingerprint density at radius 1 is 1.17 bits per heavy atom. The Bertz CT molecular complexity index is 378. The molecule has 0 N–H and O–H groups in total. The van der Waals surface area contributed by atoms with Gasteiger partial charge >= 0.3 is 0 Å². The number of hydrogen-bond donors (Lipinski definition) is 0. The lowest BCUT2D eigenvalue weighted by Crippen LogP contribution is -2.17. The van der Waals surface area contributed by atoms with Crippen LogP contribution in [0.2, 0.25) is 0 Å².